The van der Waals surface area contributed by atoms with Gasteiger partial charge in [0.1, 0.15) is 11.2 Å². The lowest BCUT2D eigenvalue weighted by atomic mass is 9.82. The normalized spacial score (nSPS) is 12.8. The number of rotatable bonds is 7. The zero-order valence-electron chi connectivity index (χ0n) is 36.7. The van der Waals surface area contributed by atoms with Crippen LogP contribution in [-0.2, 0) is 5.41 Å². The zero-order chi connectivity index (χ0) is 43.9. The van der Waals surface area contributed by atoms with E-state index < -0.39 is 0 Å². The molecule has 2 aromatic heterocycles. The van der Waals surface area contributed by atoms with Gasteiger partial charge < -0.3 is 13.9 Å². The van der Waals surface area contributed by atoms with Gasteiger partial charge in [0.2, 0.25) is 0 Å². The second-order valence-electron chi connectivity index (χ2n) is 18.1. The van der Waals surface area contributed by atoms with Gasteiger partial charge in [-0.3, -0.25) is 0 Å². The highest BCUT2D eigenvalue weighted by Gasteiger charge is 2.36. The predicted molar refractivity (Wildman–Crippen MR) is 277 cm³/mol. The van der Waals surface area contributed by atoms with Crippen LogP contribution >= 0.6 is 0 Å². The van der Waals surface area contributed by atoms with Crippen LogP contribution in [0.2, 0.25) is 0 Å². The SMILES string of the molecule is CC1(C)c2ccc(-c3ccccc3)cc2-c2ccc(N(c3ccc(-c4ccccc4)cc3)c3ccc(-c4ccc(-n5c6ccccc6c6cc7oc8ccccc8c7cc65)cc4)cc3)cc21. The van der Waals surface area contributed by atoms with Crippen LogP contribution in [0, 0.1) is 0 Å². The Bertz CT molecular complexity index is 3800. The summed E-state index contributed by atoms with van der Waals surface area (Å²) in [5.41, 5.74) is 21.0. The van der Waals surface area contributed by atoms with Crippen LogP contribution in [0.4, 0.5) is 17.1 Å². The van der Waals surface area contributed by atoms with Gasteiger partial charge in [-0.1, -0.05) is 166 Å². The van der Waals surface area contributed by atoms with Gasteiger partial charge in [0.05, 0.1) is 11.0 Å². The molecular weight excluding hydrogens is 801 g/mol. The molecule has 0 aliphatic heterocycles. The third kappa shape index (κ3) is 6.04. The first-order valence-electron chi connectivity index (χ1n) is 22.8. The second kappa shape index (κ2) is 14.8. The summed E-state index contributed by atoms with van der Waals surface area (Å²) in [6, 6.07) is 83.9. The van der Waals surface area contributed by atoms with Gasteiger partial charge in [0.15, 0.2) is 0 Å². The van der Waals surface area contributed by atoms with Crippen LogP contribution in [-0.4, -0.2) is 4.57 Å². The Labute approximate surface area is 384 Å². The van der Waals surface area contributed by atoms with Crippen LogP contribution in [0.3, 0.4) is 0 Å². The lowest BCUT2D eigenvalue weighted by molar-refractivity contribution is 0.660. The molecule has 312 valence electrons. The van der Waals surface area contributed by atoms with Crippen molar-refractivity contribution in [3.05, 3.63) is 242 Å². The summed E-state index contributed by atoms with van der Waals surface area (Å²) in [7, 11) is 0. The van der Waals surface area contributed by atoms with Gasteiger partial charge in [0, 0.05) is 49.7 Å². The number of benzene rings is 10. The molecule has 0 bridgehead atoms. The Morgan fingerprint density at radius 3 is 1.58 bits per heavy atom. The van der Waals surface area contributed by atoms with Crippen molar-refractivity contribution in [1.29, 1.82) is 0 Å². The van der Waals surface area contributed by atoms with E-state index in [-0.39, 0.29) is 5.41 Å². The fraction of sp³-hybridized carbons (Fsp3) is 0.0476. The molecule has 0 fully saturated rings. The number of aromatic nitrogens is 1. The molecule has 0 spiro atoms. The van der Waals surface area contributed by atoms with Crippen molar-refractivity contribution in [1.82, 2.24) is 4.57 Å². The molecule has 0 saturated heterocycles. The second-order valence-corrected chi connectivity index (χ2v) is 18.1. The Morgan fingerprint density at radius 1 is 0.348 bits per heavy atom. The van der Waals surface area contributed by atoms with Gasteiger partial charge >= 0.3 is 0 Å². The first kappa shape index (κ1) is 38.1. The molecule has 3 nitrogen and oxygen atoms in total. The van der Waals surface area contributed by atoms with Gasteiger partial charge in [-0.05, 0) is 134 Å². The molecule has 0 atom stereocenters. The number of para-hydroxylation sites is 2. The van der Waals surface area contributed by atoms with E-state index in [0.29, 0.717) is 0 Å². The molecule has 0 amide bonds. The van der Waals surface area contributed by atoms with E-state index in [0.717, 1.165) is 44.7 Å². The molecule has 0 saturated carbocycles. The average Bonchev–Trinajstić information content (AvgIpc) is 3.98. The average molecular weight is 845 g/mol. The fourth-order valence-electron chi connectivity index (χ4n) is 10.6. The fourth-order valence-corrected chi connectivity index (χ4v) is 10.6. The molecule has 12 aromatic rings. The standard InChI is InChI=1S/C63H44N2O/c1-63(2)57-36-27-46(42-15-7-4-8-16-42)37-54(57)51-35-34-50(38-58(51)63)64(47-28-21-43(22-29-47)41-13-5-3-6-14-41)48-30-23-44(24-31-48)45-25-32-49(33-26-45)65-59-19-11-9-17-52(59)55-40-62-56(39-60(55)65)53-18-10-12-20-61(53)66-62/h3-40H,1-2H3. The van der Waals surface area contributed by atoms with E-state index in [2.05, 4.69) is 242 Å². The van der Waals surface area contributed by atoms with Crippen LogP contribution < -0.4 is 4.90 Å². The first-order chi connectivity index (χ1) is 32.5. The van der Waals surface area contributed by atoms with Crippen molar-refractivity contribution < 1.29 is 4.42 Å². The Morgan fingerprint density at radius 2 is 0.894 bits per heavy atom. The number of hydrogen-bond donors (Lipinski definition) is 0. The largest absolute Gasteiger partial charge is 0.456 e. The van der Waals surface area contributed by atoms with Crippen molar-refractivity contribution in [3.63, 3.8) is 0 Å². The highest BCUT2D eigenvalue weighted by Crippen LogP contribution is 2.52. The molecular formula is C63H44N2O. The minimum atomic E-state index is -0.159. The third-order valence-corrected chi connectivity index (χ3v) is 14.0. The quantitative estimate of drug-likeness (QED) is 0.159. The van der Waals surface area contributed by atoms with E-state index >= 15 is 0 Å². The van der Waals surface area contributed by atoms with Gasteiger partial charge in [0.25, 0.3) is 0 Å². The monoisotopic (exact) mass is 844 g/mol. The summed E-state index contributed by atoms with van der Waals surface area (Å²) in [6.07, 6.45) is 0. The van der Waals surface area contributed by atoms with E-state index in [4.69, 9.17) is 4.42 Å². The molecule has 0 N–H and O–H groups in total. The van der Waals surface area contributed by atoms with Crippen LogP contribution in [0.1, 0.15) is 25.0 Å². The van der Waals surface area contributed by atoms with Crippen LogP contribution in [0.15, 0.2) is 235 Å². The van der Waals surface area contributed by atoms with E-state index in [1.165, 1.54) is 77.4 Å². The summed E-state index contributed by atoms with van der Waals surface area (Å²) in [4.78, 5) is 2.40. The lowest BCUT2D eigenvalue weighted by Gasteiger charge is -2.28. The Hall–Kier alpha value is -8.40. The maximum absolute atomic E-state index is 6.33. The van der Waals surface area contributed by atoms with E-state index in [9.17, 15) is 0 Å². The molecule has 10 aromatic carbocycles. The highest BCUT2D eigenvalue weighted by molar-refractivity contribution is 6.17. The number of fused-ring (bicyclic) bond motifs is 9. The maximum Gasteiger partial charge on any atom is 0.136 e. The van der Waals surface area contributed by atoms with Crippen molar-refractivity contribution in [2.24, 2.45) is 0 Å². The third-order valence-electron chi connectivity index (χ3n) is 14.0. The van der Waals surface area contributed by atoms with Crippen LogP contribution in [0.5, 0.6) is 0 Å². The molecule has 1 aliphatic rings. The zero-order valence-corrected chi connectivity index (χ0v) is 36.7. The Kier molecular flexibility index (Phi) is 8.56. The molecule has 0 radical (unpaired) electrons. The summed E-state index contributed by atoms with van der Waals surface area (Å²) >= 11 is 0. The van der Waals surface area contributed by atoms with E-state index in [1.807, 2.05) is 12.1 Å². The predicted octanol–water partition coefficient (Wildman–Crippen LogP) is 17.5. The molecule has 13 rings (SSSR count). The van der Waals surface area contributed by atoms with Crippen LogP contribution in [0.25, 0.3) is 93.9 Å². The van der Waals surface area contributed by atoms with Crippen molar-refractivity contribution in [2.75, 3.05) is 4.90 Å². The summed E-state index contributed by atoms with van der Waals surface area (Å²) < 4.78 is 8.71. The summed E-state index contributed by atoms with van der Waals surface area (Å²) in [5.74, 6) is 0. The summed E-state index contributed by atoms with van der Waals surface area (Å²) in [5, 5.41) is 4.66. The van der Waals surface area contributed by atoms with Crippen molar-refractivity contribution >= 4 is 60.8 Å². The number of hydrogen-bond acceptors (Lipinski definition) is 2. The minimum absolute atomic E-state index is 0.159. The summed E-state index contributed by atoms with van der Waals surface area (Å²) in [6.45, 7) is 4.73. The number of anilines is 3. The molecule has 1 aliphatic carbocycles. The van der Waals surface area contributed by atoms with Gasteiger partial charge in [-0.25, -0.2) is 0 Å². The minimum Gasteiger partial charge on any atom is -0.456 e. The number of furan rings is 1. The van der Waals surface area contributed by atoms with Crippen molar-refractivity contribution in [3.8, 4) is 50.2 Å². The van der Waals surface area contributed by atoms with E-state index in [1.54, 1.807) is 0 Å². The molecule has 3 heteroatoms. The molecule has 66 heavy (non-hydrogen) atoms. The first-order valence-corrected chi connectivity index (χ1v) is 22.8. The molecule has 0 unspecified atom stereocenters. The van der Waals surface area contributed by atoms with Crippen molar-refractivity contribution in [2.45, 2.75) is 19.3 Å². The topological polar surface area (TPSA) is 21.3 Å². The highest BCUT2D eigenvalue weighted by atomic mass is 16.3. The van der Waals surface area contributed by atoms with Gasteiger partial charge in [-0.15, -0.1) is 0 Å². The lowest BCUT2D eigenvalue weighted by Crippen LogP contribution is -2.16. The molecule has 2 heterocycles. The van der Waals surface area contributed by atoms with Gasteiger partial charge in [-0.2, -0.15) is 0 Å². The Balaban J connectivity index is 0.874. The maximum atomic E-state index is 6.33. The number of nitrogens with zero attached hydrogens (tertiary/aromatic N) is 2. The smallest absolute Gasteiger partial charge is 0.136 e.